The molecule has 1 amide bonds. The van der Waals surface area contributed by atoms with Gasteiger partial charge in [0, 0.05) is 16.1 Å². The lowest BCUT2D eigenvalue weighted by molar-refractivity contribution is 0.0939. The van der Waals surface area contributed by atoms with E-state index < -0.39 is 0 Å². The molecule has 3 aromatic rings. The molecule has 0 heterocycles. The second kappa shape index (κ2) is 9.88. The maximum Gasteiger partial charge on any atom is 0.251 e. The van der Waals surface area contributed by atoms with Crippen LogP contribution in [0, 0.1) is 20.8 Å². The Labute approximate surface area is 189 Å². The van der Waals surface area contributed by atoms with Crippen LogP contribution in [0.4, 0.5) is 0 Å². The number of methoxy groups -OCH3 is 1. The zero-order valence-corrected chi connectivity index (χ0v) is 19.3. The van der Waals surface area contributed by atoms with Crippen LogP contribution in [-0.2, 0) is 6.61 Å². The van der Waals surface area contributed by atoms with E-state index in [-0.39, 0.29) is 11.9 Å². The van der Waals surface area contributed by atoms with Crippen molar-refractivity contribution in [3.8, 4) is 11.5 Å². The van der Waals surface area contributed by atoms with E-state index >= 15 is 0 Å². The average molecular weight is 438 g/mol. The fraction of sp³-hybridized carbons (Fsp3) is 0.269. The Bertz CT molecular complexity index is 1080. The first-order valence-electron chi connectivity index (χ1n) is 10.2. The van der Waals surface area contributed by atoms with E-state index in [1.807, 2.05) is 57.2 Å². The summed E-state index contributed by atoms with van der Waals surface area (Å²) in [5.41, 5.74) is 5.79. The number of aryl methyl sites for hydroxylation is 2. The van der Waals surface area contributed by atoms with Crippen LogP contribution in [0.25, 0.3) is 0 Å². The van der Waals surface area contributed by atoms with Crippen molar-refractivity contribution in [3.63, 3.8) is 0 Å². The molecule has 1 unspecified atom stereocenters. The molecule has 0 radical (unpaired) electrons. The fourth-order valence-electron chi connectivity index (χ4n) is 3.45. The number of carbonyl (C=O) groups excluding carboxylic acids is 1. The lowest BCUT2D eigenvalue weighted by Crippen LogP contribution is -2.26. The maximum atomic E-state index is 12.8. The molecule has 0 aliphatic heterocycles. The first-order valence-corrected chi connectivity index (χ1v) is 10.6. The van der Waals surface area contributed by atoms with Crippen LogP contribution in [0.5, 0.6) is 11.5 Å². The number of hydrogen-bond donors (Lipinski definition) is 1. The molecule has 0 saturated carbocycles. The van der Waals surface area contributed by atoms with Gasteiger partial charge in [0.1, 0.15) is 18.1 Å². The topological polar surface area (TPSA) is 47.6 Å². The lowest BCUT2D eigenvalue weighted by Gasteiger charge is -2.17. The van der Waals surface area contributed by atoms with Crippen molar-refractivity contribution in [3.05, 3.63) is 93.0 Å². The molecule has 4 nitrogen and oxygen atoms in total. The van der Waals surface area contributed by atoms with Gasteiger partial charge >= 0.3 is 0 Å². The second-order valence-electron chi connectivity index (χ2n) is 7.77. The van der Waals surface area contributed by atoms with E-state index in [1.54, 1.807) is 19.2 Å². The molecule has 0 bridgehead atoms. The molecule has 0 aromatic heterocycles. The van der Waals surface area contributed by atoms with Gasteiger partial charge in [0.25, 0.3) is 5.91 Å². The Balaban J connectivity index is 1.76. The van der Waals surface area contributed by atoms with Gasteiger partial charge in [-0.2, -0.15) is 0 Å². The molecular formula is C26H28ClNO3. The van der Waals surface area contributed by atoms with E-state index in [1.165, 1.54) is 5.56 Å². The van der Waals surface area contributed by atoms with E-state index in [2.05, 4.69) is 18.3 Å². The largest absolute Gasteiger partial charge is 0.496 e. The van der Waals surface area contributed by atoms with E-state index in [9.17, 15) is 4.79 Å². The maximum absolute atomic E-state index is 12.8. The first kappa shape index (κ1) is 22.7. The highest BCUT2D eigenvalue weighted by Gasteiger charge is 2.15. The van der Waals surface area contributed by atoms with Crippen molar-refractivity contribution in [1.29, 1.82) is 0 Å². The third-order valence-corrected chi connectivity index (χ3v) is 5.66. The van der Waals surface area contributed by atoms with Crippen molar-refractivity contribution in [2.45, 2.75) is 40.3 Å². The number of halogens is 1. The van der Waals surface area contributed by atoms with Gasteiger partial charge in [-0.05, 0) is 86.3 Å². The average Bonchev–Trinajstić information content (AvgIpc) is 2.75. The smallest absolute Gasteiger partial charge is 0.251 e. The van der Waals surface area contributed by atoms with Gasteiger partial charge in [0.05, 0.1) is 13.2 Å². The molecule has 1 N–H and O–H groups in total. The number of rotatable bonds is 7. The van der Waals surface area contributed by atoms with E-state index in [4.69, 9.17) is 21.1 Å². The highest BCUT2D eigenvalue weighted by atomic mass is 35.5. The van der Waals surface area contributed by atoms with Crippen LogP contribution >= 0.6 is 11.6 Å². The minimum atomic E-state index is -0.158. The summed E-state index contributed by atoms with van der Waals surface area (Å²) < 4.78 is 11.6. The highest BCUT2D eigenvalue weighted by molar-refractivity contribution is 6.30. The number of nitrogens with one attached hydrogen (secondary N) is 1. The molecule has 0 fully saturated rings. The number of benzene rings is 3. The number of hydrogen-bond acceptors (Lipinski definition) is 3. The van der Waals surface area contributed by atoms with Gasteiger partial charge in [-0.1, -0.05) is 29.8 Å². The van der Waals surface area contributed by atoms with Gasteiger partial charge < -0.3 is 14.8 Å². The molecule has 1 atom stereocenters. The molecule has 0 saturated heterocycles. The molecule has 0 spiro atoms. The number of amides is 1. The van der Waals surface area contributed by atoms with Gasteiger partial charge in [-0.3, -0.25) is 4.79 Å². The molecule has 5 heteroatoms. The predicted octanol–water partition coefficient (Wildman–Crippen LogP) is 6.34. The molecular weight excluding hydrogens is 410 g/mol. The Morgan fingerprint density at radius 1 is 1.00 bits per heavy atom. The van der Waals surface area contributed by atoms with Crippen molar-refractivity contribution in [2.75, 3.05) is 7.11 Å². The van der Waals surface area contributed by atoms with Crippen LogP contribution in [0.15, 0.2) is 54.6 Å². The van der Waals surface area contributed by atoms with Crippen LogP contribution in [0.1, 0.15) is 51.1 Å². The van der Waals surface area contributed by atoms with Crippen LogP contribution in [0.2, 0.25) is 5.02 Å². The van der Waals surface area contributed by atoms with Crippen molar-refractivity contribution < 1.29 is 14.3 Å². The standard InChI is InChI=1S/C26H28ClNO3/c1-16-12-17(2)18(3)25(13-16)31-15-22-14-21(8-11-24(22)30-5)26(29)28-19(4)20-6-9-23(27)10-7-20/h6-14,19H,15H2,1-5H3,(H,28,29). The second-order valence-corrected chi connectivity index (χ2v) is 8.20. The molecule has 0 aliphatic carbocycles. The summed E-state index contributed by atoms with van der Waals surface area (Å²) in [7, 11) is 1.61. The van der Waals surface area contributed by atoms with Crippen molar-refractivity contribution >= 4 is 17.5 Å². The predicted molar refractivity (Wildman–Crippen MR) is 125 cm³/mol. The highest BCUT2D eigenvalue weighted by Crippen LogP contribution is 2.27. The summed E-state index contributed by atoms with van der Waals surface area (Å²) in [6.07, 6.45) is 0. The Morgan fingerprint density at radius 3 is 2.39 bits per heavy atom. The van der Waals surface area contributed by atoms with E-state index in [0.29, 0.717) is 22.9 Å². The van der Waals surface area contributed by atoms with Crippen molar-refractivity contribution in [1.82, 2.24) is 5.32 Å². The summed E-state index contributed by atoms with van der Waals surface area (Å²) in [4.78, 5) is 12.8. The summed E-state index contributed by atoms with van der Waals surface area (Å²) in [6.45, 7) is 8.41. The minimum Gasteiger partial charge on any atom is -0.496 e. The third-order valence-electron chi connectivity index (χ3n) is 5.41. The Hall–Kier alpha value is -2.98. The Morgan fingerprint density at radius 2 is 1.71 bits per heavy atom. The Kier molecular flexibility index (Phi) is 7.24. The molecule has 162 valence electrons. The van der Waals surface area contributed by atoms with Crippen molar-refractivity contribution in [2.24, 2.45) is 0 Å². The number of ether oxygens (including phenoxy) is 2. The lowest BCUT2D eigenvalue weighted by atomic mass is 10.1. The van der Waals surface area contributed by atoms with Gasteiger partial charge in [-0.15, -0.1) is 0 Å². The van der Waals surface area contributed by atoms with Gasteiger partial charge in [0.2, 0.25) is 0 Å². The fourth-order valence-corrected chi connectivity index (χ4v) is 3.58. The van der Waals surface area contributed by atoms with Gasteiger partial charge in [0.15, 0.2) is 0 Å². The van der Waals surface area contributed by atoms with Crippen LogP contribution < -0.4 is 14.8 Å². The van der Waals surface area contributed by atoms with Crippen LogP contribution in [0.3, 0.4) is 0 Å². The SMILES string of the molecule is COc1ccc(C(=O)NC(C)c2ccc(Cl)cc2)cc1COc1cc(C)cc(C)c1C. The molecule has 3 aromatic carbocycles. The molecule has 3 rings (SSSR count). The van der Waals surface area contributed by atoms with Gasteiger partial charge in [-0.25, -0.2) is 0 Å². The third kappa shape index (κ3) is 5.59. The summed E-state index contributed by atoms with van der Waals surface area (Å²) in [5.74, 6) is 1.36. The van der Waals surface area contributed by atoms with Crippen LogP contribution in [-0.4, -0.2) is 13.0 Å². The summed E-state index contributed by atoms with van der Waals surface area (Å²) in [5, 5.41) is 3.70. The quantitative estimate of drug-likeness (QED) is 0.468. The zero-order valence-electron chi connectivity index (χ0n) is 18.6. The van der Waals surface area contributed by atoms with E-state index in [0.717, 1.165) is 28.0 Å². The first-order chi connectivity index (χ1) is 14.8. The summed E-state index contributed by atoms with van der Waals surface area (Å²) in [6, 6.07) is 16.8. The molecule has 31 heavy (non-hydrogen) atoms. The molecule has 0 aliphatic rings. The normalized spacial score (nSPS) is 11.7. The summed E-state index contributed by atoms with van der Waals surface area (Å²) >= 11 is 5.95. The monoisotopic (exact) mass is 437 g/mol. The number of carbonyl (C=O) groups is 1. The zero-order chi connectivity index (χ0) is 22.5. The minimum absolute atomic E-state index is 0.149.